The van der Waals surface area contributed by atoms with Gasteiger partial charge in [-0.25, -0.2) is 13.1 Å². The molecule has 0 aromatic heterocycles. The van der Waals surface area contributed by atoms with Crippen molar-refractivity contribution >= 4 is 32.4 Å². The van der Waals surface area contributed by atoms with Crippen molar-refractivity contribution in [2.24, 2.45) is 0 Å². The number of hydrogen-bond donors (Lipinski definition) is 2. The van der Waals surface area contributed by atoms with Crippen LogP contribution >= 0.6 is 0 Å². The monoisotopic (exact) mass is 354 g/mol. The summed E-state index contributed by atoms with van der Waals surface area (Å²) >= 11 is 0. The Morgan fingerprint density at radius 2 is 1.60 bits per heavy atom. The van der Waals surface area contributed by atoms with E-state index in [0.29, 0.717) is 5.69 Å². The Bertz CT molecular complexity index is 1030. The molecule has 25 heavy (non-hydrogen) atoms. The minimum absolute atomic E-state index is 0.134. The fourth-order valence-corrected chi connectivity index (χ4v) is 3.50. The van der Waals surface area contributed by atoms with Crippen LogP contribution in [0.4, 0.5) is 5.69 Å². The molecule has 0 saturated heterocycles. The number of benzene rings is 3. The average molecular weight is 354 g/mol. The van der Waals surface area contributed by atoms with Gasteiger partial charge in [0.15, 0.2) is 0 Å². The van der Waals surface area contributed by atoms with Crippen LogP contribution in [0.3, 0.4) is 0 Å². The molecule has 0 unspecified atom stereocenters. The Labute approximate surface area is 146 Å². The van der Waals surface area contributed by atoms with Crippen LogP contribution in [0.2, 0.25) is 0 Å². The van der Waals surface area contributed by atoms with Crippen LogP contribution in [0, 0.1) is 6.92 Å². The van der Waals surface area contributed by atoms with Gasteiger partial charge in [-0.3, -0.25) is 4.79 Å². The first-order valence-corrected chi connectivity index (χ1v) is 9.28. The summed E-state index contributed by atoms with van der Waals surface area (Å²) in [5, 5.41) is 4.48. The first kappa shape index (κ1) is 17.1. The molecule has 0 radical (unpaired) electrons. The van der Waals surface area contributed by atoms with Crippen molar-refractivity contribution < 1.29 is 13.2 Å². The van der Waals surface area contributed by atoms with E-state index < -0.39 is 15.9 Å². The molecule has 0 spiro atoms. The van der Waals surface area contributed by atoms with Crippen LogP contribution in [0.25, 0.3) is 10.8 Å². The first-order valence-electron chi connectivity index (χ1n) is 7.80. The molecule has 0 aliphatic heterocycles. The van der Waals surface area contributed by atoms with Crippen molar-refractivity contribution in [3.63, 3.8) is 0 Å². The zero-order valence-electron chi connectivity index (χ0n) is 13.7. The molecule has 128 valence electrons. The number of carbonyl (C=O) groups is 1. The lowest BCUT2D eigenvalue weighted by molar-refractivity contribution is -0.115. The van der Waals surface area contributed by atoms with Gasteiger partial charge < -0.3 is 5.32 Å². The van der Waals surface area contributed by atoms with Crippen LogP contribution in [-0.4, -0.2) is 20.9 Å². The van der Waals surface area contributed by atoms with Crippen molar-refractivity contribution in [3.05, 3.63) is 72.3 Å². The Morgan fingerprint density at radius 1 is 0.920 bits per heavy atom. The highest BCUT2D eigenvalue weighted by Crippen LogP contribution is 2.19. The van der Waals surface area contributed by atoms with Crippen molar-refractivity contribution in [2.75, 3.05) is 11.9 Å². The van der Waals surface area contributed by atoms with E-state index in [4.69, 9.17) is 0 Å². The van der Waals surface area contributed by atoms with Crippen molar-refractivity contribution in [1.82, 2.24) is 4.72 Å². The number of para-hydroxylation sites is 1. The highest BCUT2D eigenvalue weighted by atomic mass is 32.2. The van der Waals surface area contributed by atoms with Gasteiger partial charge >= 0.3 is 0 Å². The number of anilines is 1. The van der Waals surface area contributed by atoms with Crippen molar-refractivity contribution in [3.8, 4) is 0 Å². The van der Waals surface area contributed by atoms with E-state index >= 15 is 0 Å². The van der Waals surface area contributed by atoms with E-state index in [1.807, 2.05) is 49.4 Å². The second-order valence-corrected chi connectivity index (χ2v) is 7.46. The predicted molar refractivity (Wildman–Crippen MR) is 98.9 cm³/mol. The van der Waals surface area contributed by atoms with Gasteiger partial charge in [-0.15, -0.1) is 0 Å². The highest BCUT2D eigenvalue weighted by Gasteiger charge is 2.16. The lowest BCUT2D eigenvalue weighted by Gasteiger charge is -2.10. The summed E-state index contributed by atoms with van der Waals surface area (Å²) in [6.45, 7) is 1.54. The summed E-state index contributed by atoms with van der Waals surface area (Å²) in [7, 11) is -3.76. The number of amides is 1. The molecule has 0 fully saturated rings. The van der Waals surface area contributed by atoms with Gasteiger partial charge in [0.2, 0.25) is 15.9 Å². The summed E-state index contributed by atoms with van der Waals surface area (Å²) in [4.78, 5) is 12.2. The summed E-state index contributed by atoms with van der Waals surface area (Å²) in [5.41, 5.74) is 1.57. The Balaban J connectivity index is 1.70. The number of carbonyl (C=O) groups excluding carboxylic acids is 1. The second kappa shape index (κ2) is 7.04. The van der Waals surface area contributed by atoms with Gasteiger partial charge in [0.05, 0.1) is 11.4 Å². The summed E-state index contributed by atoms with van der Waals surface area (Å²) < 4.78 is 27.2. The van der Waals surface area contributed by atoms with Crippen LogP contribution in [0.5, 0.6) is 0 Å². The Morgan fingerprint density at radius 3 is 2.36 bits per heavy atom. The minimum Gasteiger partial charge on any atom is -0.325 e. The lowest BCUT2D eigenvalue weighted by atomic mass is 10.1. The standard InChI is InChI=1S/C19H18N2O3S/c1-14-6-2-5-9-18(14)21-19(22)13-20-25(23,24)17-11-10-15-7-3-4-8-16(15)12-17/h2-12,20H,13H2,1H3,(H,21,22). The van der Waals surface area contributed by atoms with Crippen molar-refractivity contribution in [1.29, 1.82) is 0 Å². The van der Waals surface area contributed by atoms with Crippen molar-refractivity contribution in [2.45, 2.75) is 11.8 Å². The van der Waals surface area contributed by atoms with E-state index in [2.05, 4.69) is 10.0 Å². The molecule has 3 aromatic carbocycles. The number of rotatable bonds is 5. The maximum Gasteiger partial charge on any atom is 0.241 e. The summed E-state index contributed by atoms with van der Waals surface area (Å²) in [6.07, 6.45) is 0. The van der Waals surface area contributed by atoms with Gasteiger partial charge in [0.1, 0.15) is 0 Å². The molecule has 0 saturated carbocycles. The Kier molecular flexibility index (Phi) is 4.83. The van der Waals surface area contributed by atoms with Gasteiger partial charge in [-0.05, 0) is 41.5 Å². The zero-order valence-corrected chi connectivity index (χ0v) is 14.5. The molecular formula is C19H18N2O3S. The molecule has 5 nitrogen and oxygen atoms in total. The Hall–Kier alpha value is -2.70. The number of fused-ring (bicyclic) bond motifs is 1. The minimum atomic E-state index is -3.76. The molecule has 0 aliphatic rings. The molecule has 3 aromatic rings. The molecule has 2 N–H and O–H groups in total. The van der Waals surface area contributed by atoms with E-state index in [1.165, 1.54) is 6.07 Å². The van der Waals surface area contributed by atoms with E-state index in [9.17, 15) is 13.2 Å². The second-order valence-electron chi connectivity index (χ2n) is 5.70. The van der Waals surface area contributed by atoms with Crippen LogP contribution in [-0.2, 0) is 14.8 Å². The number of nitrogens with one attached hydrogen (secondary N) is 2. The molecule has 3 rings (SSSR count). The van der Waals surface area contributed by atoms with E-state index in [0.717, 1.165) is 16.3 Å². The third-order valence-electron chi connectivity index (χ3n) is 3.87. The van der Waals surface area contributed by atoms with Gasteiger partial charge in [-0.1, -0.05) is 48.5 Å². The van der Waals surface area contributed by atoms with Gasteiger partial charge in [-0.2, -0.15) is 0 Å². The topological polar surface area (TPSA) is 75.3 Å². The smallest absolute Gasteiger partial charge is 0.241 e. The zero-order chi connectivity index (χ0) is 17.9. The third kappa shape index (κ3) is 4.04. The molecule has 6 heteroatoms. The van der Waals surface area contributed by atoms with Crippen LogP contribution in [0.1, 0.15) is 5.56 Å². The molecule has 0 bridgehead atoms. The SMILES string of the molecule is Cc1ccccc1NC(=O)CNS(=O)(=O)c1ccc2ccccc2c1. The normalized spacial score (nSPS) is 11.4. The third-order valence-corrected chi connectivity index (χ3v) is 5.27. The summed E-state index contributed by atoms with van der Waals surface area (Å²) in [5.74, 6) is -0.418. The highest BCUT2D eigenvalue weighted by molar-refractivity contribution is 7.89. The fraction of sp³-hybridized carbons (Fsp3) is 0.105. The predicted octanol–water partition coefficient (Wildman–Crippen LogP) is 3.07. The number of sulfonamides is 1. The molecule has 1 amide bonds. The maximum absolute atomic E-state index is 12.4. The van der Waals surface area contributed by atoms with E-state index in [-0.39, 0.29) is 11.4 Å². The number of hydrogen-bond acceptors (Lipinski definition) is 3. The molecule has 0 aliphatic carbocycles. The maximum atomic E-state index is 12.4. The fourth-order valence-electron chi connectivity index (χ4n) is 2.49. The van der Waals surface area contributed by atoms with Gasteiger partial charge in [0, 0.05) is 5.69 Å². The average Bonchev–Trinajstić information content (AvgIpc) is 2.62. The molecule has 0 atom stereocenters. The molecular weight excluding hydrogens is 336 g/mol. The summed E-state index contributed by atoms with van der Waals surface area (Å²) in [6, 6.07) is 19.7. The first-order chi connectivity index (χ1) is 12.0. The number of aryl methyl sites for hydroxylation is 1. The molecule has 0 heterocycles. The van der Waals surface area contributed by atoms with E-state index in [1.54, 1.807) is 18.2 Å². The largest absolute Gasteiger partial charge is 0.325 e. The van der Waals surface area contributed by atoms with Gasteiger partial charge in [0.25, 0.3) is 0 Å². The lowest BCUT2D eigenvalue weighted by Crippen LogP contribution is -2.33. The quantitative estimate of drug-likeness (QED) is 0.739. The van der Waals surface area contributed by atoms with Crippen LogP contribution in [0.15, 0.2) is 71.6 Å². The van der Waals surface area contributed by atoms with Crippen LogP contribution < -0.4 is 10.0 Å².